The normalized spacial score (nSPS) is 18.2. The number of hydrogen-bond donors (Lipinski definition) is 1. The highest BCUT2D eigenvalue weighted by Crippen LogP contribution is 2.23. The number of rotatable bonds is 5. The first-order valence-electron chi connectivity index (χ1n) is 7.05. The summed E-state index contributed by atoms with van der Waals surface area (Å²) in [5.74, 6) is -0.210. The van der Waals surface area contributed by atoms with E-state index in [2.05, 4.69) is 10.3 Å². The lowest BCUT2D eigenvalue weighted by atomic mass is 9.94. The largest absolute Gasteiger partial charge is 0.465 e. The lowest BCUT2D eigenvalue weighted by molar-refractivity contribution is -0.146. The number of esters is 1. The van der Waals surface area contributed by atoms with E-state index in [0.717, 1.165) is 23.5 Å². The zero-order valence-corrected chi connectivity index (χ0v) is 12.5. The summed E-state index contributed by atoms with van der Waals surface area (Å²) in [5, 5.41) is 6.37. The summed E-state index contributed by atoms with van der Waals surface area (Å²) in [4.78, 5) is 16.5. The maximum absolute atomic E-state index is 12.1. The van der Waals surface area contributed by atoms with Crippen LogP contribution >= 0.6 is 11.3 Å². The van der Waals surface area contributed by atoms with Gasteiger partial charge in [0.1, 0.15) is 6.04 Å². The molecular formula is C14H22N2O2S. The summed E-state index contributed by atoms with van der Waals surface area (Å²) >= 11 is 1.57. The molecule has 19 heavy (non-hydrogen) atoms. The van der Waals surface area contributed by atoms with Crippen LogP contribution in [0.3, 0.4) is 0 Å². The van der Waals surface area contributed by atoms with Crippen molar-refractivity contribution in [2.75, 3.05) is 6.61 Å². The van der Waals surface area contributed by atoms with Crippen molar-refractivity contribution in [3.63, 3.8) is 0 Å². The third-order valence-electron chi connectivity index (χ3n) is 3.46. The molecule has 1 atom stereocenters. The molecule has 1 saturated carbocycles. The summed E-state index contributed by atoms with van der Waals surface area (Å²) < 4.78 is 5.17. The Morgan fingerprint density at radius 1 is 1.53 bits per heavy atom. The van der Waals surface area contributed by atoms with E-state index in [1.165, 1.54) is 19.3 Å². The van der Waals surface area contributed by atoms with Crippen LogP contribution in [-0.2, 0) is 9.53 Å². The lowest BCUT2D eigenvalue weighted by Crippen LogP contribution is -2.39. The van der Waals surface area contributed by atoms with Crippen LogP contribution in [-0.4, -0.2) is 23.6 Å². The predicted molar refractivity (Wildman–Crippen MR) is 76.2 cm³/mol. The van der Waals surface area contributed by atoms with Crippen LogP contribution in [0.1, 0.15) is 55.8 Å². The monoisotopic (exact) mass is 282 g/mol. The predicted octanol–water partition coefficient (Wildman–Crippen LogP) is 2.98. The van der Waals surface area contributed by atoms with Crippen LogP contribution in [0, 0.1) is 6.92 Å². The minimum absolute atomic E-state index is 0.210. The molecule has 1 aromatic rings. The summed E-state index contributed by atoms with van der Waals surface area (Å²) in [6, 6.07) is -0.00170. The number of thiazole rings is 1. The Morgan fingerprint density at radius 2 is 2.26 bits per heavy atom. The summed E-state index contributed by atoms with van der Waals surface area (Å²) in [5.41, 5.74) is 0.798. The van der Waals surface area contributed by atoms with Crippen molar-refractivity contribution in [3.8, 4) is 0 Å². The molecule has 0 bridgehead atoms. The van der Waals surface area contributed by atoms with E-state index in [0.29, 0.717) is 12.6 Å². The van der Waals surface area contributed by atoms with Gasteiger partial charge in [-0.05, 0) is 26.7 Å². The Hall–Kier alpha value is -0.940. The van der Waals surface area contributed by atoms with Crippen molar-refractivity contribution < 1.29 is 9.53 Å². The van der Waals surface area contributed by atoms with Crippen molar-refractivity contribution in [1.29, 1.82) is 0 Å². The Kier molecular flexibility index (Phi) is 5.34. The lowest BCUT2D eigenvalue weighted by Gasteiger charge is -2.26. The van der Waals surface area contributed by atoms with Crippen LogP contribution in [0.5, 0.6) is 0 Å². The minimum Gasteiger partial charge on any atom is -0.465 e. The topological polar surface area (TPSA) is 51.2 Å². The van der Waals surface area contributed by atoms with E-state index >= 15 is 0 Å². The fraction of sp³-hybridized carbons (Fsp3) is 0.714. The van der Waals surface area contributed by atoms with Crippen molar-refractivity contribution in [3.05, 3.63) is 16.1 Å². The van der Waals surface area contributed by atoms with Gasteiger partial charge in [0, 0.05) is 11.4 Å². The van der Waals surface area contributed by atoms with Crippen molar-refractivity contribution in [2.45, 2.75) is 58.0 Å². The van der Waals surface area contributed by atoms with Crippen LogP contribution in [0.4, 0.5) is 0 Å². The highest BCUT2D eigenvalue weighted by atomic mass is 32.1. The number of ether oxygens (including phenoxy) is 1. The molecule has 0 saturated heterocycles. The molecule has 0 radical (unpaired) electrons. The summed E-state index contributed by atoms with van der Waals surface area (Å²) in [6.45, 7) is 4.20. The summed E-state index contributed by atoms with van der Waals surface area (Å²) in [6.07, 6.45) is 6.06. The van der Waals surface area contributed by atoms with E-state index in [-0.39, 0.29) is 5.97 Å². The maximum Gasteiger partial charge on any atom is 0.329 e. The van der Waals surface area contributed by atoms with Crippen LogP contribution in [0.25, 0.3) is 0 Å². The van der Waals surface area contributed by atoms with Gasteiger partial charge in [0.2, 0.25) is 0 Å². The van der Waals surface area contributed by atoms with Gasteiger partial charge in [0.25, 0.3) is 0 Å². The van der Waals surface area contributed by atoms with Gasteiger partial charge in [-0.1, -0.05) is 19.3 Å². The van der Waals surface area contributed by atoms with Crippen molar-refractivity contribution in [2.24, 2.45) is 0 Å². The number of carbonyl (C=O) groups excluding carboxylic acids is 1. The number of aromatic nitrogens is 1. The van der Waals surface area contributed by atoms with E-state index < -0.39 is 6.04 Å². The van der Waals surface area contributed by atoms with Gasteiger partial charge < -0.3 is 4.74 Å². The second-order valence-electron chi connectivity index (χ2n) is 4.98. The highest BCUT2D eigenvalue weighted by Gasteiger charge is 2.27. The molecule has 0 spiro atoms. The minimum atomic E-state index is -0.409. The molecule has 1 heterocycles. The summed E-state index contributed by atoms with van der Waals surface area (Å²) in [7, 11) is 0. The first-order valence-corrected chi connectivity index (χ1v) is 7.93. The third-order valence-corrected chi connectivity index (χ3v) is 4.25. The second kappa shape index (κ2) is 7.01. The van der Waals surface area contributed by atoms with Gasteiger partial charge in [0.15, 0.2) is 0 Å². The Morgan fingerprint density at radius 3 is 2.84 bits per heavy atom. The Labute approximate surface area is 118 Å². The number of nitrogens with one attached hydrogen (secondary N) is 1. The molecule has 1 aliphatic carbocycles. The van der Waals surface area contributed by atoms with Gasteiger partial charge >= 0.3 is 5.97 Å². The standard InChI is InChI=1S/C14H22N2O2S/c1-3-18-14(17)13(12-9-19-10(2)15-12)16-11-7-5-4-6-8-11/h9,11,13,16H,3-8H2,1-2H3. The van der Waals surface area contributed by atoms with Crippen molar-refractivity contribution in [1.82, 2.24) is 10.3 Å². The quantitative estimate of drug-likeness (QED) is 0.844. The first-order chi connectivity index (χ1) is 9.20. The average molecular weight is 282 g/mol. The third kappa shape index (κ3) is 4.01. The molecule has 2 rings (SSSR count). The fourth-order valence-electron chi connectivity index (χ4n) is 2.52. The Bertz CT molecular complexity index is 413. The van der Waals surface area contributed by atoms with Gasteiger partial charge in [-0.2, -0.15) is 0 Å². The van der Waals surface area contributed by atoms with E-state index in [4.69, 9.17) is 4.74 Å². The molecule has 0 aromatic carbocycles. The highest BCUT2D eigenvalue weighted by molar-refractivity contribution is 7.09. The maximum atomic E-state index is 12.1. The molecule has 1 fully saturated rings. The van der Waals surface area contributed by atoms with E-state index in [9.17, 15) is 4.79 Å². The zero-order chi connectivity index (χ0) is 13.7. The molecule has 1 N–H and O–H groups in total. The molecule has 5 heteroatoms. The fourth-order valence-corrected chi connectivity index (χ4v) is 3.16. The van der Waals surface area contributed by atoms with Gasteiger partial charge in [0.05, 0.1) is 17.3 Å². The van der Waals surface area contributed by atoms with Crippen LogP contribution in [0.15, 0.2) is 5.38 Å². The molecule has 0 amide bonds. The van der Waals surface area contributed by atoms with Crippen LogP contribution in [0.2, 0.25) is 0 Å². The van der Waals surface area contributed by atoms with Crippen molar-refractivity contribution >= 4 is 17.3 Å². The molecule has 4 nitrogen and oxygen atoms in total. The smallest absolute Gasteiger partial charge is 0.329 e. The number of nitrogens with zero attached hydrogens (tertiary/aromatic N) is 1. The zero-order valence-electron chi connectivity index (χ0n) is 11.6. The molecule has 1 unspecified atom stereocenters. The number of carbonyl (C=O) groups is 1. The molecule has 1 aromatic heterocycles. The first kappa shape index (κ1) is 14.5. The number of hydrogen-bond acceptors (Lipinski definition) is 5. The SMILES string of the molecule is CCOC(=O)C(NC1CCCCC1)c1csc(C)n1. The second-order valence-corrected chi connectivity index (χ2v) is 6.04. The molecular weight excluding hydrogens is 260 g/mol. The van der Waals surface area contributed by atoms with E-state index in [1.807, 2.05) is 19.2 Å². The molecule has 0 aliphatic heterocycles. The Balaban J connectivity index is 2.07. The molecule has 106 valence electrons. The average Bonchev–Trinajstić information content (AvgIpc) is 2.84. The molecule has 1 aliphatic rings. The van der Waals surface area contributed by atoms with Gasteiger partial charge in [-0.3, -0.25) is 5.32 Å². The van der Waals surface area contributed by atoms with Crippen LogP contribution < -0.4 is 5.32 Å². The van der Waals surface area contributed by atoms with E-state index in [1.54, 1.807) is 11.3 Å². The van der Waals surface area contributed by atoms with Gasteiger partial charge in [-0.25, -0.2) is 9.78 Å². The number of aryl methyl sites for hydroxylation is 1. The van der Waals surface area contributed by atoms with Gasteiger partial charge in [-0.15, -0.1) is 11.3 Å².